The van der Waals surface area contributed by atoms with Crippen LogP contribution in [0.2, 0.25) is 0 Å². The lowest BCUT2D eigenvalue weighted by atomic mass is 9.87. The second-order valence-electron chi connectivity index (χ2n) is 12.1. The molecule has 4 heterocycles. The number of benzene rings is 2. The Kier molecular flexibility index (Phi) is 7.74. The summed E-state index contributed by atoms with van der Waals surface area (Å²) < 4.78 is 34.7. The number of anilines is 1. The Bertz CT molecular complexity index is 1830. The summed E-state index contributed by atoms with van der Waals surface area (Å²) in [4.78, 5) is 16.5. The molecular formula is C33H36N6O3S. The van der Waals surface area contributed by atoms with Crippen LogP contribution in [0.1, 0.15) is 49.7 Å². The van der Waals surface area contributed by atoms with E-state index >= 15 is 0 Å². The second-order valence-corrected chi connectivity index (χ2v) is 14.0. The number of aromatic nitrogens is 4. The molecule has 6 rings (SSSR count). The summed E-state index contributed by atoms with van der Waals surface area (Å²) >= 11 is 0. The standard InChI is InChI=1S/C33H36N6O3S/c1-23-8-10-24(11-9-23)21-28-35-31(29-30(37-42-32(29)36-28)25-7-5-16-34-22-25)38-17-6-18-39(20-19-38)43(40,41)27-14-12-26(13-15-27)33(2,3)4/h5,7-16,22H,6,17-21H2,1-4H3. The third kappa shape index (κ3) is 6.03. The highest BCUT2D eigenvalue weighted by molar-refractivity contribution is 7.89. The van der Waals surface area contributed by atoms with Crippen LogP contribution in [0.25, 0.3) is 22.4 Å². The molecule has 0 aliphatic carbocycles. The Morgan fingerprint density at radius 2 is 1.67 bits per heavy atom. The molecule has 0 atom stereocenters. The summed E-state index contributed by atoms with van der Waals surface area (Å²) in [5, 5.41) is 5.08. The lowest BCUT2D eigenvalue weighted by Crippen LogP contribution is -2.35. The maximum Gasteiger partial charge on any atom is 0.263 e. The quantitative estimate of drug-likeness (QED) is 0.243. The Labute approximate surface area is 252 Å². The highest BCUT2D eigenvalue weighted by Gasteiger charge is 2.30. The van der Waals surface area contributed by atoms with Gasteiger partial charge in [-0.2, -0.15) is 9.29 Å². The van der Waals surface area contributed by atoms with Crippen molar-refractivity contribution in [3.63, 3.8) is 0 Å². The first-order valence-corrected chi connectivity index (χ1v) is 16.0. The summed E-state index contributed by atoms with van der Waals surface area (Å²) in [6.07, 6.45) is 4.63. The van der Waals surface area contributed by atoms with Crippen molar-refractivity contribution >= 4 is 26.9 Å². The van der Waals surface area contributed by atoms with Gasteiger partial charge in [0.25, 0.3) is 5.71 Å². The van der Waals surface area contributed by atoms with E-state index in [9.17, 15) is 8.42 Å². The van der Waals surface area contributed by atoms with E-state index in [-0.39, 0.29) is 5.41 Å². The smallest absolute Gasteiger partial charge is 0.263 e. The molecule has 1 fully saturated rings. The lowest BCUT2D eigenvalue weighted by Gasteiger charge is -2.24. The van der Waals surface area contributed by atoms with E-state index in [4.69, 9.17) is 14.5 Å². The van der Waals surface area contributed by atoms with Crippen molar-refractivity contribution in [3.05, 3.63) is 95.6 Å². The fourth-order valence-corrected chi connectivity index (χ4v) is 6.87. The molecule has 3 aromatic heterocycles. The summed E-state index contributed by atoms with van der Waals surface area (Å²) in [7, 11) is -3.65. The van der Waals surface area contributed by atoms with Crippen LogP contribution in [0.3, 0.4) is 0 Å². The maximum absolute atomic E-state index is 13.7. The Hall–Kier alpha value is -4.15. The molecule has 1 aliphatic rings. The Morgan fingerprint density at radius 1 is 0.907 bits per heavy atom. The number of hydrogen-bond donors (Lipinski definition) is 0. The van der Waals surface area contributed by atoms with Crippen molar-refractivity contribution < 1.29 is 12.9 Å². The van der Waals surface area contributed by atoms with Gasteiger partial charge in [-0.3, -0.25) is 4.98 Å². The van der Waals surface area contributed by atoms with Crippen LogP contribution >= 0.6 is 0 Å². The summed E-state index contributed by atoms with van der Waals surface area (Å²) in [5.74, 6) is 1.31. The van der Waals surface area contributed by atoms with E-state index in [1.165, 1.54) is 5.56 Å². The van der Waals surface area contributed by atoms with E-state index in [1.807, 2.05) is 24.3 Å². The molecule has 9 nitrogen and oxygen atoms in total. The van der Waals surface area contributed by atoms with Gasteiger partial charge >= 0.3 is 0 Å². The predicted molar refractivity (Wildman–Crippen MR) is 168 cm³/mol. The number of hydrogen-bond acceptors (Lipinski definition) is 8. The molecule has 0 radical (unpaired) electrons. The fraction of sp³-hybridized carbons (Fsp3) is 0.333. The van der Waals surface area contributed by atoms with E-state index in [0.29, 0.717) is 72.4 Å². The average molecular weight is 597 g/mol. The third-order valence-electron chi connectivity index (χ3n) is 7.89. The molecule has 0 bridgehead atoms. The van der Waals surface area contributed by atoms with Gasteiger partial charge in [0.2, 0.25) is 10.0 Å². The van der Waals surface area contributed by atoms with Crippen molar-refractivity contribution in [1.82, 2.24) is 24.4 Å². The van der Waals surface area contributed by atoms with E-state index in [2.05, 4.69) is 67.0 Å². The van der Waals surface area contributed by atoms with Gasteiger partial charge < -0.3 is 9.42 Å². The first kappa shape index (κ1) is 28.9. The van der Waals surface area contributed by atoms with Gasteiger partial charge in [0.15, 0.2) is 0 Å². The minimum atomic E-state index is -3.65. The zero-order chi connectivity index (χ0) is 30.2. The molecule has 222 valence electrons. The van der Waals surface area contributed by atoms with Crippen molar-refractivity contribution in [3.8, 4) is 11.3 Å². The zero-order valence-corrected chi connectivity index (χ0v) is 25.8. The van der Waals surface area contributed by atoms with Crippen LogP contribution in [-0.4, -0.2) is 59.0 Å². The van der Waals surface area contributed by atoms with Crippen molar-refractivity contribution in [1.29, 1.82) is 0 Å². The number of fused-ring (bicyclic) bond motifs is 1. The van der Waals surface area contributed by atoms with Crippen LogP contribution in [0, 0.1) is 6.92 Å². The molecule has 2 aromatic carbocycles. The average Bonchev–Trinajstić information content (AvgIpc) is 3.26. The Balaban J connectivity index is 1.33. The van der Waals surface area contributed by atoms with Crippen molar-refractivity contribution in [2.45, 2.75) is 50.8 Å². The molecule has 1 saturated heterocycles. The first-order valence-electron chi connectivity index (χ1n) is 14.6. The van der Waals surface area contributed by atoms with Crippen molar-refractivity contribution in [2.75, 3.05) is 31.1 Å². The van der Waals surface area contributed by atoms with Crippen LogP contribution in [0.4, 0.5) is 5.82 Å². The molecule has 0 spiro atoms. The number of rotatable bonds is 6. The molecule has 43 heavy (non-hydrogen) atoms. The minimum Gasteiger partial charge on any atom is -0.354 e. The summed E-state index contributed by atoms with van der Waals surface area (Å²) in [6, 6.07) is 19.4. The highest BCUT2D eigenvalue weighted by Crippen LogP contribution is 2.34. The monoisotopic (exact) mass is 596 g/mol. The van der Waals surface area contributed by atoms with E-state index < -0.39 is 10.0 Å². The number of nitrogens with zero attached hydrogens (tertiary/aromatic N) is 6. The molecule has 0 unspecified atom stereocenters. The second kappa shape index (κ2) is 11.5. The minimum absolute atomic E-state index is 0.0524. The van der Waals surface area contributed by atoms with Crippen LogP contribution in [-0.2, 0) is 21.9 Å². The van der Waals surface area contributed by atoms with Crippen LogP contribution in [0.5, 0.6) is 0 Å². The van der Waals surface area contributed by atoms with E-state index in [0.717, 1.165) is 16.7 Å². The predicted octanol–water partition coefficient (Wildman–Crippen LogP) is 5.78. The van der Waals surface area contributed by atoms with Gasteiger partial charge in [-0.25, -0.2) is 13.4 Å². The van der Waals surface area contributed by atoms with Gasteiger partial charge in [-0.05, 0) is 54.2 Å². The third-order valence-corrected chi connectivity index (χ3v) is 9.81. The van der Waals surface area contributed by atoms with Gasteiger partial charge in [-0.1, -0.05) is 67.9 Å². The lowest BCUT2D eigenvalue weighted by molar-refractivity contribution is 0.433. The fourth-order valence-electron chi connectivity index (χ4n) is 5.40. The number of aryl methyl sites for hydroxylation is 1. The van der Waals surface area contributed by atoms with Gasteiger partial charge in [-0.15, -0.1) is 0 Å². The highest BCUT2D eigenvalue weighted by atomic mass is 32.2. The Morgan fingerprint density at radius 3 is 2.37 bits per heavy atom. The van der Waals surface area contributed by atoms with Gasteiger partial charge in [0.1, 0.15) is 22.7 Å². The van der Waals surface area contributed by atoms with Crippen molar-refractivity contribution in [2.24, 2.45) is 0 Å². The van der Waals surface area contributed by atoms with Gasteiger partial charge in [0.05, 0.1) is 4.90 Å². The SMILES string of the molecule is Cc1ccc(Cc2nc(N3CCCN(S(=O)(=O)c4ccc(C(C)(C)C)cc4)CC3)c3c(-c4cccnc4)noc3n2)cc1. The molecule has 10 heteroatoms. The van der Waals surface area contributed by atoms with Crippen LogP contribution in [0.15, 0.2) is 82.5 Å². The molecule has 5 aromatic rings. The molecule has 0 N–H and O–H groups in total. The molecular weight excluding hydrogens is 560 g/mol. The molecule has 1 aliphatic heterocycles. The summed E-state index contributed by atoms with van der Waals surface area (Å²) in [6.45, 7) is 10.2. The normalized spacial score (nSPS) is 15.1. The van der Waals surface area contributed by atoms with Crippen LogP contribution < -0.4 is 4.90 Å². The molecule has 0 amide bonds. The number of sulfonamides is 1. The van der Waals surface area contributed by atoms with Gasteiger partial charge in [0, 0.05) is 50.6 Å². The largest absolute Gasteiger partial charge is 0.354 e. The first-order chi connectivity index (χ1) is 20.6. The maximum atomic E-state index is 13.7. The van der Waals surface area contributed by atoms with E-state index in [1.54, 1.807) is 28.8 Å². The topological polar surface area (TPSA) is 105 Å². The zero-order valence-electron chi connectivity index (χ0n) is 25.0. The molecule has 0 saturated carbocycles. The summed E-state index contributed by atoms with van der Waals surface area (Å²) in [5.41, 5.74) is 5.14. The number of pyridine rings is 1.